The van der Waals surface area contributed by atoms with Crippen molar-refractivity contribution in [3.8, 4) is 5.75 Å². The Balaban J connectivity index is 2.51. The summed E-state index contributed by atoms with van der Waals surface area (Å²) in [6.45, 7) is 9.97. The number of benzene rings is 1. The van der Waals surface area contributed by atoms with Crippen LogP contribution >= 0.6 is 0 Å². The molecule has 2 rings (SSSR count). The van der Waals surface area contributed by atoms with Crippen LogP contribution in [0.2, 0.25) is 0 Å². The van der Waals surface area contributed by atoms with Crippen molar-refractivity contribution in [3.05, 3.63) is 23.8 Å². The van der Waals surface area contributed by atoms with Crippen molar-refractivity contribution >= 4 is 11.6 Å². The molecule has 2 N–H and O–H groups in total. The number of amides is 1. The van der Waals surface area contributed by atoms with E-state index in [0.717, 1.165) is 17.0 Å². The van der Waals surface area contributed by atoms with E-state index in [1.54, 1.807) is 0 Å². The minimum Gasteiger partial charge on any atom is -0.478 e. The minimum atomic E-state index is -0.411. The maximum Gasteiger partial charge on any atom is 0.268 e. The lowest BCUT2D eigenvalue weighted by atomic mass is 10.00. The first-order valence-electron chi connectivity index (χ1n) is 7.22. The van der Waals surface area contributed by atoms with Gasteiger partial charge in [0.25, 0.3) is 5.91 Å². The first-order chi connectivity index (χ1) is 9.32. The smallest absolute Gasteiger partial charge is 0.268 e. The molecular weight excluding hydrogens is 252 g/mol. The molecule has 2 atom stereocenters. The molecule has 2 unspecified atom stereocenters. The van der Waals surface area contributed by atoms with Gasteiger partial charge in [-0.3, -0.25) is 4.79 Å². The molecule has 4 heteroatoms. The summed E-state index contributed by atoms with van der Waals surface area (Å²) in [4.78, 5) is 14.5. The van der Waals surface area contributed by atoms with Gasteiger partial charge in [-0.25, -0.2) is 0 Å². The fraction of sp³-hybridized carbons (Fsp3) is 0.562. The predicted molar refractivity (Wildman–Crippen MR) is 80.9 cm³/mol. The zero-order valence-corrected chi connectivity index (χ0v) is 12.9. The highest BCUT2D eigenvalue weighted by atomic mass is 16.5. The SMILES string of the molecule is CC(N)c1ccc2c(c1)N(C(C)C)C(=O)C(C(C)C)O2. The molecule has 0 radical (unpaired) electrons. The number of hydrogen-bond acceptors (Lipinski definition) is 3. The van der Waals surface area contributed by atoms with Crippen molar-refractivity contribution in [2.24, 2.45) is 11.7 Å². The van der Waals surface area contributed by atoms with E-state index in [1.807, 2.05) is 57.7 Å². The second kappa shape index (κ2) is 5.44. The molecule has 0 aliphatic carbocycles. The molecule has 0 saturated heterocycles. The van der Waals surface area contributed by atoms with Crippen molar-refractivity contribution in [2.45, 2.75) is 52.8 Å². The Morgan fingerprint density at radius 2 is 1.85 bits per heavy atom. The fourth-order valence-electron chi connectivity index (χ4n) is 2.50. The second-order valence-electron chi connectivity index (χ2n) is 6.10. The maximum atomic E-state index is 12.6. The maximum absolute atomic E-state index is 12.6. The van der Waals surface area contributed by atoms with E-state index in [9.17, 15) is 4.79 Å². The number of nitrogens with two attached hydrogens (primary N) is 1. The molecule has 0 saturated carbocycles. The highest BCUT2D eigenvalue weighted by Crippen LogP contribution is 2.38. The first-order valence-corrected chi connectivity index (χ1v) is 7.22. The van der Waals surface area contributed by atoms with Crippen LogP contribution in [0.1, 0.15) is 46.2 Å². The van der Waals surface area contributed by atoms with E-state index >= 15 is 0 Å². The molecule has 20 heavy (non-hydrogen) atoms. The van der Waals surface area contributed by atoms with Gasteiger partial charge in [-0.1, -0.05) is 19.9 Å². The number of hydrogen-bond donors (Lipinski definition) is 1. The average Bonchev–Trinajstić information content (AvgIpc) is 2.36. The lowest BCUT2D eigenvalue weighted by Crippen LogP contribution is -2.51. The van der Waals surface area contributed by atoms with E-state index in [1.165, 1.54) is 0 Å². The zero-order valence-electron chi connectivity index (χ0n) is 12.9. The Kier molecular flexibility index (Phi) is 4.04. The fourth-order valence-corrected chi connectivity index (χ4v) is 2.50. The largest absolute Gasteiger partial charge is 0.478 e. The van der Waals surface area contributed by atoms with Crippen LogP contribution in [-0.2, 0) is 4.79 Å². The van der Waals surface area contributed by atoms with Gasteiger partial charge in [-0.2, -0.15) is 0 Å². The summed E-state index contributed by atoms with van der Waals surface area (Å²) in [7, 11) is 0. The molecule has 1 amide bonds. The molecule has 110 valence electrons. The number of anilines is 1. The van der Waals surface area contributed by atoms with Crippen molar-refractivity contribution in [3.63, 3.8) is 0 Å². The standard InChI is InChI=1S/C16H24N2O2/c1-9(2)15-16(19)18(10(3)4)13-8-12(11(5)17)6-7-14(13)20-15/h6-11,15H,17H2,1-5H3. The van der Waals surface area contributed by atoms with Crippen LogP contribution in [0.4, 0.5) is 5.69 Å². The molecule has 1 aromatic carbocycles. The Hall–Kier alpha value is -1.55. The third-order valence-corrected chi connectivity index (χ3v) is 3.62. The monoisotopic (exact) mass is 276 g/mol. The van der Waals surface area contributed by atoms with E-state index in [-0.39, 0.29) is 23.9 Å². The van der Waals surface area contributed by atoms with E-state index < -0.39 is 6.10 Å². The third kappa shape index (κ3) is 2.52. The lowest BCUT2D eigenvalue weighted by Gasteiger charge is -2.38. The van der Waals surface area contributed by atoms with Gasteiger partial charge < -0.3 is 15.4 Å². The van der Waals surface area contributed by atoms with Gasteiger partial charge in [0, 0.05) is 12.1 Å². The topological polar surface area (TPSA) is 55.6 Å². The summed E-state index contributed by atoms with van der Waals surface area (Å²) < 4.78 is 5.89. The first kappa shape index (κ1) is 14.9. The molecule has 4 nitrogen and oxygen atoms in total. The molecule has 0 bridgehead atoms. The molecule has 0 spiro atoms. The summed E-state index contributed by atoms with van der Waals surface area (Å²) in [5.41, 5.74) is 7.77. The van der Waals surface area contributed by atoms with Gasteiger partial charge in [0.15, 0.2) is 6.10 Å². The highest BCUT2D eigenvalue weighted by Gasteiger charge is 2.37. The Morgan fingerprint density at radius 3 is 2.35 bits per heavy atom. The van der Waals surface area contributed by atoms with E-state index in [4.69, 9.17) is 10.5 Å². The number of ether oxygens (including phenoxy) is 1. The van der Waals surface area contributed by atoms with Gasteiger partial charge >= 0.3 is 0 Å². The Morgan fingerprint density at radius 1 is 1.20 bits per heavy atom. The molecule has 1 aromatic rings. The highest BCUT2D eigenvalue weighted by molar-refractivity contribution is 6.00. The summed E-state index contributed by atoms with van der Waals surface area (Å²) in [6.07, 6.45) is -0.411. The number of rotatable bonds is 3. The molecule has 1 aliphatic heterocycles. The van der Waals surface area contributed by atoms with Crippen LogP contribution in [0.3, 0.4) is 0 Å². The van der Waals surface area contributed by atoms with Gasteiger partial charge in [0.2, 0.25) is 0 Å². The quantitative estimate of drug-likeness (QED) is 0.923. The molecule has 1 aliphatic rings. The number of nitrogens with zero attached hydrogens (tertiary/aromatic N) is 1. The van der Waals surface area contributed by atoms with Crippen LogP contribution in [0, 0.1) is 5.92 Å². The zero-order chi connectivity index (χ0) is 15.0. The van der Waals surface area contributed by atoms with E-state index in [2.05, 4.69) is 0 Å². The van der Waals surface area contributed by atoms with Crippen LogP contribution in [0.5, 0.6) is 5.75 Å². The van der Waals surface area contributed by atoms with Gasteiger partial charge in [-0.15, -0.1) is 0 Å². The molecular formula is C16H24N2O2. The average molecular weight is 276 g/mol. The number of carbonyl (C=O) groups is 1. The molecule has 0 fully saturated rings. The van der Waals surface area contributed by atoms with Crippen LogP contribution in [0.25, 0.3) is 0 Å². The van der Waals surface area contributed by atoms with Crippen LogP contribution in [0.15, 0.2) is 18.2 Å². The van der Waals surface area contributed by atoms with Crippen molar-refractivity contribution in [2.75, 3.05) is 4.90 Å². The van der Waals surface area contributed by atoms with Gasteiger partial charge in [-0.05, 0) is 44.4 Å². The van der Waals surface area contributed by atoms with Crippen LogP contribution < -0.4 is 15.4 Å². The predicted octanol–water partition coefficient (Wildman–Crippen LogP) is 2.86. The lowest BCUT2D eigenvalue weighted by molar-refractivity contribution is -0.128. The molecule has 1 heterocycles. The van der Waals surface area contributed by atoms with Gasteiger partial charge in [0.05, 0.1) is 5.69 Å². The number of fused-ring (bicyclic) bond motifs is 1. The second-order valence-corrected chi connectivity index (χ2v) is 6.10. The third-order valence-electron chi connectivity index (χ3n) is 3.62. The van der Waals surface area contributed by atoms with E-state index in [0.29, 0.717) is 0 Å². The summed E-state index contributed by atoms with van der Waals surface area (Å²) in [6, 6.07) is 5.89. The number of carbonyl (C=O) groups excluding carboxylic acids is 1. The molecule has 0 aromatic heterocycles. The van der Waals surface area contributed by atoms with Crippen LogP contribution in [-0.4, -0.2) is 18.1 Å². The normalized spacial score (nSPS) is 20.1. The van der Waals surface area contributed by atoms with Crippen molar-refractivity contribution in [1.82, 2.24) is 0 Å². The van der Waals surface area contributed by atoms with Gasteiger partial charge in [0.1, 0.15) is 5.75 Å². The van der Waals surface area contributed by atoms with Crippen molar-refractivity contribution in [1.29, 1.82) is 0 Å². The Labute approximate surface area is 120 Å². The Bertz CT molecular complexity index is 509. The summed E-state index contributed by atoms with van der Waals surface area (Å²) in [5.74, 6) is 0.940. The van der Waals surface area contributed by atoms with Crippen molar-refractivity contribution < 1.29 is 9.53 Å². The summed E-state index contributed by atoms with van der Waals surface area (Å²) in [5, 5.41) is 0. The minimum absolute atomic E-state index is 0.0318. The summed E-state index contributed by atoms with van der Waals surface area (Å²) >= 11 is 0.